The molecular weight excluding hydrogens is 308 g/mol. The van der Waals surface area contributed by atoms with Crippen LogP contribution in [-0.2, 0) is 11.8 Å². The Bertz CT molecular complexity index is 578. The minimum atomic E-state index is -0.0861. The monoisotopic (exact) mass is 342 g/mol. The highest BCUT2D eigenvalue weighted by Crippen LogP contribution is 2.61. The second-order valence-electron chi connectivity index (χ2n) is 10.2. The molecule has 1 heterocycles. The van der Waals surface area contributed by atoms with Gasteiger partial charge >= 0.3 is 0 Å². The van der Waals surface area contributed by atoms with Crippen LogP contribution in [0.2, 0.25) is 0 Å². The summed E-state index contributed by atoms with van der Waals surface area (Å²) >= 11 is 0. The van der Waals surface area contributed by atoms with E-state index in [1.165, 1.54) is 69.9 Å². The van der Waals surface area contributed by atoms with E-state index >= 15 is 0 Å². The first-order valence-corrected chi connectivity index (χ1v) is 10.8. The molecule has 0 saturated heterocycles. The maximum Gasteiger partial charge on any atom is 0.114 e. The van der Waals surface area contributed by atoms with E-state index in [0.29, 0.717) is 5.41 Å². The van der Waals surface area contributed by atoms with Crippen LogP contribution in [0.1, 0.15) is 88.6 Å². The van der Waals surface area contributed by atoms with Gasteiger partial charge in [0, 0.05) is 11.9 Å². The van der Waals surface area contributed by atoms with E-state index in [9.17, 15) is 5.11 Å². The second-order valence-corrected chi connectivity index (χ2v) is 10.2. The molecule has 25 heavy (non-hydrogen) atoms. The summed E-state index contributed by atoms with van der Waals surface area (Å²) in [6.45, 7) is 0.245. The molecule has 138 valence electrons. The number of aromatic amines is 1. The van der Waals surface area contributed by atoms with E-state index in [-0.39, 0.29) is 12.0 Å². The molecule has 1 aromatic rings. The molecule has 6 rings (SSSR count). The van der Waals surface area contributed by atoms with Gasteiger partial charge in [0.1, 0.15) is 5.82 Å². The molecule has 3 heteroatoms. The van der Waals surface area contributed by atoms with Gasteiger partial charge < -0.3 is 10.1 Å². The number of H-pyrrole nitrogens is 1. The van der Waals surface area contributed by atoms with Crippen molar-refractivity contribution in [3.63, 3.8) is 0 Å². The fourth-order valence-corrected chi connectivity index (χ4v) is 7.45. The SMILES string of the molecule is OCC1(c2ncc(CCC34CC5CC(CC(C5)C3)C4)[nH]2)CCCCC1. The number of nitrogens with zero attached hydrogens (tertiary/aromatic N) is 1. The summed E-state index contributed by atoms with van der Waals surface area (Å²) in [5.74, 6) is 4.20. The molecule has 1 aromatic heterocycles. The Kier molecular flexibility index (Phi) is 4.00. The molecule has 5 saturated carbocycles. The largest absolute Gasteiger partial charge is 0.395 e. The predicted octanol–water partition coefficient (Wildman–Crippen LogP) is 4.75. The van der Waals surface area contributed by atoms with Gasteiger partial charge in [-0.05, 0) is 87.4 Å². The third-order valence-corrected chi connectivity index (χ3v) is 8.33. The van der Waals surface area contributed by atoms with Gasteiger partial charge in [-0.2, -0.15) is 0 Å². The summed E-state index contributed by atoms with van der Waals surface area (Å²) in [6.07, 6.45) is 19.6. The van der Waals surface area contributed by atoms with Crippen LogP contribution >= 0.6 is 0 Å². The van der Waals surface area contributed by atoms with Crippen molar-refractivity contribution in [2.24, 2.45) is 23.2 Å². The molecule has 0 aromatic carbocycles. The molecule has 5 aliphatic rings. The number of rotatable bonds is 5. The van der Waals surface area contributed by atoms with Gasteiger partial charge in [-0.3, -0.25) is 0 Å². The quantitative estimate of drug-likeness (QED) is 0.811. The van der Waals surface area contributed by atoms with Crippen LogP contribution in [0, 0.1) is 23.2 Å². The lowest BCUT2D eigenvalue weighted by atomic mass is 9.48. The lowest BCUT2D eigenvalue weighted by molar-refractivity contribution is -0.0570. The van der Waals surface area contributed by atoms with Crippen molar-refractivity contribution in [1.82, 2.24) is 9.97 Å². The van der Waals surface area contributed by atoms with E-state index in [1.54, 1.807) is 0 Å². The third-order valence-electron chi connectivity index (χ3n) is 8.33. The number of nitrogens with one attached hydrogen (secondary N) is 1. The second kappa shape index (κ2) is 6.11. The summed E-state index contributed by atoms with van der Waals surface area (Å²) in [7, 11) is 0. The van der Waals surface area contributed by atoms with E-state index < -0.39 is 0 Å². The summed E-state index contributed by atoms with van der Waals surface area (Å²) in [5, 5.41) is 10.0. The molecule has 3 nitrogen and oxygen atoms in total. The Morgan fingerprint density at radius 1 is 1.00 bits per heavy atom. The minimum Gasteiger partial charge on any atom is -0.395 e. The van der Waals surface area contributed by atoms with Crippen molar-refractivity contribution >= 4 is 0 Å². The Labute approximate surface area is 152 Å². The standard InChI is InChI=1S/C22H34N2O/c25-15-22(5-2-1-3-6-22)20-23-14-19(24-20)4-7-21-11-16-8-17(12-21)10-18(9-16)13-21/h14,16-18,25H,1-13,15H2,(H,23,24). The summed E-state index contributed by atoms with van der Waals surface area (Å²) < 4.78 is 0. The molecule has 4 bridgehead atoms. The average molecular weight is 343 g/mol. The highest BCUT2D eigenvalue weighted by Gasteiger charge is 2.50. The number of hydrogen-bond acceptors (Lipinski definition) is 2. The predicted molar refractivity (Wildman–Crippen MR) is 99.4 cm³/mol. The van der Waals surface area contributed by atoms with E-state index in [0.717, 1.165) is 42.8 Å². The first kappa shape index (κ1) is 16.4. The molecule has 2 N–H and O–H groups in total. The fourth-order valence-electron chi connectivity index (χ4n) is 7.45. The Morgan fingerprint density at radius 2 is 1.64 bits per heavy atom. The minimum absolute atomic E-state index is 0.0861. The fraction of sp³-hybridized carbons (Fsp3) is 0.864. The highest BCUT2D eigenvalue weighted by atomic mass is 16.3. The third kappa shape index (κ3) is 2.87. The van der Waals surface area contributed by atoms with Crippen LogP contribution < -0.4 is 0 Å². The zero-order valence-corrected chi connectivity index (χ0v) is 15.6. The van der Waals surface area contributed by atoms with Gasteiger partial charge in [-0.25, -0.2) is 4.98 Å². The normalized spacial score (nSPS) is 39.0. The van der Waals surface area contributed by atoms with Crippen molar-refractivity contribution in [2.75, 3.05) is 6.61 Å². The highest BCUT2D eigenvalue weighted by molar-refractivity contribution is 5.14. The lowest BCUT2D eigenvalue weighted by Gasteiger charge is -2.57. The summed E-state index contributed by atoms with van der Waals surface area (Å²) in [6, 6.07) is 0. The van der Waals surface area contributed by atoms with E-state index in [2.05, 4.69) is 11.2 Å². The van der Waals surface area contributed by atoms with Crippen LogP contribution in [0.5, 0.6) is 0 Å². The van der Waals surface area contributed by atoms with Crippen molar-refractivity contribution in [3.05, 3.63) is 17.7 Å². The summed E-state index contributed by atoms with van der Waals surface area (Å²) in [5.41, 5.74) is 1.88. The van der Waals surface area contributed by atoms with Crippen LogP contribution in [0.25, 0.3) is 0 Å². The molecule has 5 aliphatic carbocycles. The molecule has 5 fully saturated rings. The Morgan fingerprint density at radius 3 is 2.24 bits per heavy atom. The molecule has 0 radical (unpaired) electrons. The number of aliphatic hydroxyl groups is 1. The van der Waals surface area contributed by atoms with Gasteiger partial charge in [0.2, 0.25) is 0 Å². The van der Waals surface area contributed by atoms with E-state index in [4.69, 9.17) is 4.98 Å². The molecule has 0 aliphatic heterocycles. The molecule has 0 unspecified atom stereocenters. The van der Waals surface area contributed by atoms with Crippen LogP contribution in [-0.4, -0.2) is 21.7 Å². The van der Waals surface area contributed by atoms with Crippen LogP contribution in [0.4, 0.5) is 0 Å². The van der Waals surface area contributed by atoms with Crippen molar-refractivity contribution in [3.8, 4) is 0 Å². The maximum atomic E-state index is 10.0. The van der Waals surface area contributed by atoms with Gasteiger partial charge in [0.15, 0.2) is 0 Å². The van der Waals surface area contributed by atoms with Gasteiger partial charge in [0.25, 0.3) is 0 Å². The van der Waals surface area contributed by atoms with E-state index in [1.807, 2.05) is 0 Å². The Balaban J connectivity index is 1.27. The number of hydrogen-bond donors (Lipinski definition) is 2. The average Bonchev–Trinajstić information content (AvgIpc) is 3.09. The van der Waals surface area contributed by atoms with Gasteiger partial charge in [-0.1, -0.05) is 19.3 Å². The van der Waals surface area contributed by atoms with Crippen molar-refractivity contribution < 1.29 is 5.11 Å². The van der Waals surface area contributed by atoms with Crippen molar-refractivity contribution in [1.29, 1.82) is 0 Å². The topological polar surface area (TPSA) is 48.9 Å². The smallest absolute Gasteiger partial charge is 0.114 e. The number of imidazole rings is 1. The van der Waals surface area contributed by atoms with Crippen molar-refractivity contribution in [2.45, 2.75) is 88.9 Å². The number of aliphatic hydroxyl groups excluding tert-OH is 1. The van der Waals surface area contributed by atoms with Gasteiger partial charge in [-0.15, -0.1) is 0 Å². The lowest BCUT2D eigenvalue weighted by Crippen LogP contribution is -2.46. The molecular formula is C22H34N2O. The molecule has 0 atom stereocenters. The Hall–Kier alpha value is -0.830. The zero-order chi connectivity index (χ0) is 16.9. The first-order chi connectivity index (χ1) is 12.2. The first-order valence-electron chi connectivity index (χ1n) is 10.8. The number of aromatic nitrogens is 2. The molecule has 0 amide bonds. The number of aryl methyl sites for hydroxylation is 1. The van der Waals surface area contributed by atoms with Gasteiger partial charge in [0.05, 0.1) is 12.0 Å². The summed E-state index contributed by atoms with van der Waals surface area (Å²) in [4.78, 5) is 8.37. The maximum absolute atomic E-state index is 10.0. The zero-order valence-electron chi connectivity index (χ0n) is 15.6. The molecule has 0 spiro atoms. The van der Waals surface area contributed by atoms with Crippen LogP contribution in [0.3, 0.4) is 0 Å². The van der Waals surface area contributed by atoms with Crippen LogP contribution in [0.15, 0.2) is 6.20 Å².